The summed E-state index contributed by atoms with van der Waals surface area (Å²) in [6.07, 6.45) is 4.15. The van der Waals surface area contributed by atoms with E-state index in [1.54, 1.807) is 7.11 Å². The van der Waals surface area contributed by atoms with E-state index in [4.69, 9.17) is 4.74 Å². The van der Waals surface area contributed by atoms with E-state index < -0.39 is 0 Å². The topological polar surface area (TPSA) is 9.23 Å². The zero-order valence-electron chi connectivity index (χ0n) is 10.9. The molecule has 2 aromatic rings. The summed E-state index contributed by atoms with van der Waals surface area (Å²) in [4.78, 5) is 0. The number of methoxy groups -OCH3 is 1. The van der Waals surface area contributed by atoms with Gasteiger partial charge in [-0.25, -0.2) is 0 Å². The third-order valence-corrected chi connectivity index (χ3v) is 2.87. The molecule has 0 saturated heterocycles. The Labute approximate surface area is 109 Å². The van der Waals surface area contributed by atoms with Crippen LogP contribution < -0.4 is 0 Å². The van der Waals surface area contributed by atoms with Gasteiger partial charge in [0.2, 0.25) is 0 Å². The molecule has 0 aliphatic heterocycles. The zero-order valence-corrected chi connectivity index (χ0v) is 10.9. The number of ether oxygens (including phenoxy) is 1. The molecule has 0 saturated carbocycles. The van der Waals surface area contributed by atoms with Gasteiger partial charge in [0, 0.05) is 7.11 Å². The van der Waals surface area contributed by atoms with E-state index in [0.717, 1.165) is 0 Å². The van der Waals surface area contributed by atoms with Crippen molar-refractivity contribution in [3.8, 4) is 11.1 Å². The Morgan fingerprint density at radius 2 is 1.44 bits per heavy atom. The molecule has 0 heterocycles. The van der Waals surface area contributed by atoms with Gasteiger partial charge in [0.05, 0.1) is 6.61 Å². The van der Waals surface area contributed by atoms with Gasteiger partial charge in [-0.2, -0.15) is 0 Å². The first kappa shape index (κ1) is 12.6. The number of hydrogen-bond donors (Lipinski definition) is 0. The molecule has 92 valence electrons. The highest BCUT2D eigenvalue weighted by Gasteiger charge is 1.98. The number of benzene rings is 2. The van der Waals surface area contributed by atoms with Gasteiger partial charge < -0.3 is 4.74 Å². The summed E-state index contributed by atoms with van der Waals surface area (Å²) in [5.41, 5.74) is 4.91. The molecule has 0 bridgehead atoms. The van der Waals surface area contributed by atoms with Gasteiger partial charge in [-0.1, -0.05) is 60.7 Å². The van der Waals surface area contributed by atoms with E-state index in [-0.39, 0.29) is 0 Å². The highest BCUT2D eigenvalue weighted by Crippen LogP contribution is 2.21. The van der Waals surface area contributed by atoms with Crippen LogP contribution in [0.2, 0.25) is 0 Å². The smallest absolute Gasteiger partial charge is 0.0713 e. The lowest BCUT2D eigenvalue weighted by molar-refractivity contribution is 0.185. The van der Waals surface area contributed by atoms with Crippen LogP contribution in [-0.2, 0) is 11.3 Å². The summed E-state index contributed by atoms with van der Waals surface area (Å²) >= 11 is 0. The predicted molar refractivity (Wildman–Crippen MR) is 77.3 cm³/mol. The first-order valence-electron chi connectivity index (χ1n) is 6.14. The van der Waals surface area contributed by atoms with Gasteiger partial charge in [0.1, 0.15) is 0 Å². The van der Waals surface area contributed by atoms with Crippen LogP contribution in [0.3, 0.4) is 0 Å². The largest absolute Gasteiger partial charge is 0.380 e. The van der Waals surface area contributed by atoms with E-state index in [1.807, 2.05) is 6.92 Å². The Kier molecular flexibility index (Phi) is 4.32. The van der Waals surface area contributed by atoms with Crippen molar-refractivity contribution in [3.63, 3.8) is 0 Å². The molecule has 0 aliphatic rings. The molecule has 0 spiro atoms. The van der Waals surface area contributed by atoms with Gasteiger partial charge in [0.15, 0.2) is 0 Å². The molecule has 0 aliphatic carbocycles. The van der Waals surface area contributed by atoms with Gasteiger partial charge in [-0.15, -0.1) is 0 Å². The Hall–Kier alpha value is -1.86. The zero-order chi connectivity index (χ0) is 12.8. The van der Waals surface area contributed by atoms with Crippen LogP contribution in [-0.4, -0.2) is 7.11 Å². The van der Waals surface area contributed by atoms with Gasteiger partial charge in [-0.05, 0) is 29.2 Å². The van der Waals surface area contributed by atoms with Crippen LogP contribution in [0, 0.1) is 0 Å². The average Bonchev–Trinajstić information content (AvgIpc) is 2.41. The van der Waals surface area contributed by atoms with Crippen molar-refractivity contribution < 1.29 is 4.74 Å². The minimum absolute atomic E-state index is 0.667. The maximum absolute atomic E-state index is 5.11. The second-order valence-electron chi connectivity index (χ2n) is 4.25. The molecular weight excluding hydrogens is 220 g/mol. The van der Waals surface area contributed by atoms with Crippen molar-refractivity contribution in [2.45, 2.75) is 13.5 Å². The average molecular weight is 238 g/mol. The second kappa shape index (κ2) is 6.18. The number of allylic oxidation sites excluding steroid dienone is 1. The standard InChI is InChI=1S/C17H18O/c1-3-4-14-5-9-16(10-6-14)17-11-7-15(8-12-17)13-18-2/h3-12H,13H2,1-2H3/b4-3-. The van der Waals surface area contributed by atoms with Crippen LogP contribution >= 0.6 is 0 Å². The molecule has 2 rings (SSSR count). The summed E-state index contributed by atoms with van der Waals surface area (Å²) < 4.78 is 5.11. The lowest BCUT2D eigenvalue weighted by Crippen LogP contribution is -1.87. The predicted octanol–water partition coefficient (Wildman–Crippen LogP) is 4.53. The third kappa shape index (κ3) is 3.08. The van der Waals surface area contributed by atoms with Crippen LogP contribution in [0.15, 0.2) is 54.6 Å². The van der Waals surface area contributed by atoms with Crippen molar-refractivity contribution in [2.24, 2.45) is 0 Å². The Morgan fingerprint density at radius 1 is 0.889 bits per heavy atom. The van der Waals surface area contributed by atoms with Crippen molar-refractivity contribution in [3.05, 3.63) is 65.7 Å². The van der Waals surface area contributed by atoms with Crippen molar-refractivity contribution in [2.75, 3.05) is 7.11 Å². The molecule has 0 atom stereocenters. The van der Waals surface area contributed by atoms with Gasteiger partial charge in [-0.3, -0.25) is 0 Å². The highest BCUT2D eigenvalue weighted by atomic mass is 16.5. The van der Waals surface area contributed by atoms with E-state index >= 15 is 0 Å². The second-order valence-corrected chi connectivity index (χ2v) is 4.25. The Morgan fingerprint density at radius 3 is 1.94 bits per heavy atom. The minimum Gasteiger partial charge on any atom is -0.380 e. The lowest BCUT2D eigenvalue weighted by Gasteiger charge is -2.04. The van der Waals surface area contributed by atoms with Gasteiger partial charge >= 0.3 is 0 Å². The van der Waals surface area contributed by atoms with E-state index in [0.29, 0.717) is 6.61 Å². The Bertz CT molecular complexity index is 506. The van der Waals surface area contributed by atoms with E-state index in [2.05, 4.69) is 60.7 Å². The van der Waals surface area contributed by atoms with Crippen LogP contribution in [0.4, 0.5) is 0 Å². The fourth-order valence-corrected chi connectivity index (χ4v) is 1.94. The summed E-state index contributed by atoms with van der Waals surface area (Å²) in [6, 6.07) is 17.1. The van der Waals surface area contributed by atoms with E-state index in [1.165, 1.54) is 22.3 Å². The molecule has 0 unspecified atom stereocenters. The van der Waals surface area contributed by atoms with Crippen molar-refractivity contribution >= 4 is 6.08 Å². The molecule has 0 aromatic heterocycles. The van der Waals surface area contributed by atoms with Crippen molar-refractivity contribution in [1.29, 1.82) is 0 Å². The monoisotopic (exact) mass is 238 g/mol. The van der Waals surface area contributed by atoms with Crippen LogP contribution in [0.25, 0.3) is 17.2 Å². The first-order valence-corrected chi connectivity index (χ1v) is 6.14. The van der Waals surface area contributed by atoms with Gasteiger partial charge in [0.25, 0.3) is 0 Å². The number of rotatable bonds is 4. The molecule has 2 aromatic carbocycles. The Balaban J connectivity index is 2.20. The summed E-state index contributed by atoms with van der Waals surface area (Å²) in [5, 5.41) is 0. The third-order valence-electron chi connectivity index (χ3n) is 2.87. The molecule has 1 heteroatoms. The summed E-state index contributed by atoms with van der Waals surface area (Å²) in [6.45, 7) is 2.70. The minimum atomic E-state index is 0.667. The highest BCUT2D eigenvalue weighted by molar-refractivity contribution is 5.65. The molecular formula is C17H18O. The molecule has 0 radical (unpaired) electrons. The molecule has 18 heavy (non-hydrogen) atoms. The maximum atomic E-state index is 5.11. The summed E-state index contributed by atoms with van der Waals surface area (Å²) in [7, 11) is 1.72. The normalized spacial score (nSPS) is 11.0. The fraction of sp³-hybridized carbons (Fsp3) is 0.176. The number of hydrogen-bond acceptors (Lipinski definition) is 1. The van der Waals surface area contributed by atoms with Crippen LogP contribution in [0.1, 0.15) is 18.1 Å². The molecule has 1 nitrogen and oxygen atoms in total. The first-order chi connectivity index (χ1) is 8.83. The SMILES string of the molecule is C/C=C\c1ccc(-c2ccc(COC)cc2)cc1. The van der Waals surface area contributed by atoms with Crippen LogP contribution in [0.5, 0.6) is 0 Å². The fourth-order valence-electron chi connectivity index (χ4n) is 1.94. The molecule has 0 fully saturated rings. The lowest BCUT2D eigenvalue weighted by atomic mass is 10.0. The van der Waals surface area contributed by atoms with Crippen molar-refractivity contribution in [1.82, 2.24) is 0 Å². The summed E-state index contributed by atoms with van der Waals surface area (Å²) in [5.74, 6) is 0. The molecule has 0 amide bonds. The maximum Gasteiger partial charge on any atom is 0.0713 e. The van der Waals surface area contributed by atoms with E-state index in [9.17, 15) is 0 Å². The molecule has 0 N–H and O–H groups in total. The quantitative estimate of drug-likeness (QED) is 0.760.